The molecule has 0 amide bonds. The zero-order valence-corrected chi connectivity index (χ0v) is 11.9. The van der Waals surface area contributed by atoms with E-state index in [1.807, 2.05) is 0 Å². The van der Waals surface area contributed by atoms with Gasteiger partial charge in [-0.3, -0.25) is 4.90 Å². The summed E-state index contributed by atoms with van der Waals surface area (Å²) in [6.07, 6.45) is 8.59. The zero-order chi connectivity index (χ0) is 11.5. The largest absolute Gasteiger partial charge is 0.296 e. The van der Waals surface area contributed by atoms with Gasteiger partial charge in [0, 0.05) is 22.6 Å². The lowest BCUT2D eigenvalue weighted by Crippen LogP contribution is -2.56. The van der Waals surface area contributed by atoms with Gasteiger partial charge in [-0.2, -0.15) is 11.8 Å². The molecule has 1 saturated carbocycles. The van der Waals surface area contributed by atoms with E-state index in [2.05, 4.69) is 37.4 Å². The van der Waals surface area contributed by atoms with Gasteiger partial charge in [0.05, 0.1) is 0 Å². The Morgan fingerprint density at radius 3 is 2.62 bits per heavy atom. The molecule has 1 saturated heterocycles. The van der Waals surface area contributed by atoms with Crippen molar-refractivity contribution in [3.8, 4) is 0 Å². The molecule has 1 nitrogen and oxygen atoms in total. The Kier molecular flexibility index (Phi) is 4.60. The first-order valence-corrected chi connectivity index (χ1v) is 8.13. The molecule has 0 aromatic rings. The van der Waals surface area contributed by atoms with Crippen LogP contribution in [0.2, 0.25) is 0 Å². The summed E-state index contributed by atoms with van der Waals surface area (Å²) in [6, 6.07) is 1.75. The summed E-state index contributed by atoms with van der Waals surface area (Å²) < 4.78 is 0. The van der Waals surface area contributed by atoms with Gasteiger partial charge in [0.25, 0.3) is 0 Å². The Labute approximate surface area is 105 Å². The normalized spacial score (nSPS) is 40.7. The second-order valence-corrected chi connectivity index (χ2v) is 7.04. The third kappa shape index (κ3) is 2.43. The van der Waals surface area contributed by atoms with E-state index in [4.69, 9.17) is 0 Å². The third-order valence-corrected chi connectivity index (χ3v) is 6.04. The van der Waals surface area contributed by atoms with Gasteiger partial charge < -0.3 is 0 Å². The van der Waals surface area contributed by atoms with Gasteiger partial charge >= 0.3 is 0 Å². The highest BCUT2D eigenvalue weighted by atomic mass is 32.2. The molecule has 1 heterocycles. The standard InChI is InChI=1S/C14H27NS/c1-4-8-12-11(3)16-14-10-7-6-9-13(14)15(12)5-2/h11-14H,4-10H2,1-3H3/t11?,12?,13?,14-/m0/s1. The van der Waals surface area contributed by atoms with E-state index in [-0.39, 0.29) is 0 Å². The van der Waals surface area contributed by atoms with Gasteiger partial charge in [-0.1, -0.05) is 40.0 Å². The van der Waals surface area contributed by atoms with Crippen LogP contribution in [0.15, 0.2) is 0 Å². The molecule has 2 aliphatic rings. The van der Waals surface area contributed by atoms with Gasteiger partial charge in [0.2, 0.25) is 0 Å². The Bertz CT molecular complexity index is 215. The fraction of sp³-hybridized carbons (Fsp3) is 1.00. The molecule has 0 N–H and O–H groups in total. The van der Waals surface area contributed by atoms with Crippen LogP contribution in [0.3, 0.4) is 0 Å². The molecule has 2 rings (SSSR count). The van der Waals surface area contributed by atoms with E-state index in [0.29, 0.717) is 0 Å². The molecule has 2 heteroatoms. The molecular formula is C14H27NS. The number of thioether (sulfide) groups is 1. The van der Waals surface area contributed by atoms with E-state index in [9.17, 15) is 0 Å². The van der Waals surface area contributed by atoms with E-state index in [1.165, 1.54) is 45.1 Å². The monoisotopic (exact) mass is 241 g/mol. The van der Waals surface area contributed by atoms with Crippen molar-refractivity contribution in [2.45, 2.75) is 81.9 Å². The van der Waals surface area contributed by atoms with Gasteiger partial charge in [0.15, 0.2) is 0 Å². The third-order valence-electron chi connectivity index (χ3n) is 4.40. The first-order chi connectivity index (χ1) is 7.77. The Morgan fingerprint density at radius 2 is 1.94 bits per heavy atom. The maximum absolute atomic E-state index is 2.84. The average Bonchev–Trinajstić information content (AvgIpc) is 2.30. The smallest absolute Gasteiger partial charge is 0.0218 e. The zero-order valence-electron chi connectivity index (χ0n) is 11.1. The van der Waals surface area contributed by atoms with Crippen LogP contribution < -0.4 is 0 Å². The summed E-state index contributed by atoms with van der Waals surface area (Å²) in [5, 5.41) is 1.79. The Morgan fingerprint density at radius 1 is 1.19 bits per heavy atom. The van der Waals surface area contributed by atoms with Crippen molar-refractivity contribution in [1.82, 2.24) is 4.90 Å². The number of fused-ring (bicyclic) bond motifs is 1. The van der Waals surface area contributed by atoms with Crippen LogP contribution in [0, 0.1) is 0 Å². The van der Waals surface area contributed by atoms with Crippen molar-refractivity contribution < 1.29 is 0 Å². The summed E-state index contributed by atoms with van der Waals surface area (Å²) >= 11 is 2.30. The first-order valence-electron chi connectivity index (χ1n) is 7.19. The number of nitrogens with zero attached hydrogens (tertiary/aromatic N) is 1. The first kappa shape index (κ1) is 12.8. The SMILES string of the molecule is CCCC1C(C)S[C@H]2CCCCC2N1CC. The van der Waals surface area contributed by atoms with Gasteiger partial charge in [-0.15, -0.1) is 0 Å². The van der Waals surface area contributed by atoms with Crippen molar-refractivity contribution >= 4 is 11.8 Å². The highest BCUT2D eigenvalue weighted by Gasteiger charge is 2.40. The fourth-order valence-electron chi connectivity index (χ4n) is 3.66. The van der Waals surface area contributed by atoms with Crippen molar-refractivity contribution in [3.63, 3.8) is 0 Å². The van der Waals surface area contributed by atoms with Crippen LogP contribution in [0.1, 0.15) is 59.3 Å². The molecule has 3 unspecified atom stereocenters. The molecule has 1 aliphatic heterocycles. The van der Waals surface area contributed by atoms with Crippen molar-refractivity contribution in [2.24, 2.45) is 0 Å². The summed E-state index contributed by atoms with van der Waals surface area (Å²) in [6.45, 7) is 8.41. The van der Waals surface area contributed by atoms with Crippen LogP contribution in [-0.2, 0) is 0 Å². The topological polar surface area (TPSA) is 3.24 Å². The minimum absolute atomic E-state index is 0.847. The highest BCUT2D eigenvalue weighted by Crippen LogP contribution is 2.42. The number of hydrogen-bond acceptors (Lipinski definition) is 2. The lowest BCUT2D eigenvalue weighted by molar-refractivity contribution is 0.0981. The Hall–Kier alpha value is 0.310. The van der Waals surface area contributed by atoms with Gasteiger partial charge in [-0.05, 0) is 25.8 Å². The van der Waals surface area contributed by atoms with Crippen LogP contribution in [0.4, 0.5) is 0 Å². The molecular weight excluding hydrogens is 214 g/mol. The number of hydrogen-bond donors (Lipinski definition) is 0. The second kappa shape index (κ2) is 5.77. The molecule has 2 fully saturated rings. The van der Waals surface area contributed by atoms with Crippen LogP contribution >= 0.6 is 11.8 Å². The summed E-state index contributed by atoms with van der Waals surface area (Å²) in [5.41, 5.74) is 0. The van der Waals surface area contributed by atoms with Crippen molar-refractivity contribution in [2.75, 3.05) is 6.54 Å². The summed E-state index contributed by atoms with van der Waals surface area (Å²) in [7, 11) is 0. The van der Waals surface area contributed by atoms with E-state index >= 15 is 0 Å². The maximum Gasteiger partial charge on any atom is 0.0218 e. The summed E-state index contributed by atoms with van der Waals surface area (Å²) in [5.74, 6) is 0. The van der Waals surface area contributed by atoms with Crippen molar-refractivity contribution in [3.05, 3.63) is 0 Å². The minimum Gasteiger partial charge on any atom is -0.296 e. The average molecular weight is 241 g/mol. The van der Waals surface area contributed by atoms with Crippen LogP contribution in [0.5, 0.6) is 0 Å². The molecule has 0 radical (unpaired) electrons. The Balaban J connectivity index is 2.09. The van der Waals surface area contributed by atoms with Crippen molar-refractivity contribution in [1.29, 1.82) is 0 Å². The predicted molar refractivity (Wildman–Crippen MR) is 74.2 cm³/mol. The van der Waals surface area contributed by atoms with Crippen LogP contribution in [-0.4, -0.2) is 34.0 Å². The molecule has 4 atom stereocenters. The second-order valence-electron chi connectivity index (χ2n) is 5.42. The predicted octanol–water partition coefficient (Wildman–Crippen LogP) is 3.92. The highest BCUT2D eigenvalue weighted by molar-refractivity contribution is 8.00. The van der Waals surface area contributed by atoms with Gasteiger partial charge in [0.1, 0.15) is 0 Å². The molecule has 94 valence electrons. The number of rotatable bonds is 3. The molecule has 0 aromatic heterocycles. The minimum atomic E-state index is 0.847. The lowest BCUT2D eigenvalue weighted by atomic mass is 9.90. The molecule has 0 spiro atoms. The summed E-state index contributed by atoms with van der Waals surface area (Å²) in [4.78, 5) is 2.84. The van der Waals surface area contributed by atoms with Gasteiger partial charge in [-0.25, -0.2) is 0 Å². The van der Waals surface area contributed by atoms with E-state index in [1.54, 1.807) is 0 Å². The van der Waals surface area contributed by atoms with E-state index in [0.717, 1.165) is 22.6 Å². The van der Waals surface area contributed by atoms with E-state index < -0.39 is 0 Å². The fourth-order valence-corrected chi connectivity index (χ4v) is 5.46. The van der Waals surface area contributed by atoms with Crippen LogP contribution in [0.25, 0.3) is 0 Å². The lowest BCUT2D eigenvalue weighted by Gasteiger charge is -2.51. The molecule has 0 aromatic carbocycles. The molecule has 16 heavy (non-hydrogen) atoms. The molecule has 0 bridgehead atoms. The quantitative estimate of drug-likeness (QED) is 0.736. The maximum atomic E-state index is 2.84. The molecule has 1 aliphatic carbocycles.